The van der Waals surface area contributed by atoms with Crippen LogP contribution in [0.1, 0.15) is 19.3 Å². The van der Waals surface area contributed by atoms with Crippen LogP contribution in [-0.2, 0) is 0 Å². The normalized spacial score (nSPS) is 33.0. The molecule has 0 bridgehead atoms. The minimum atomic E-state index is -2.48. The Morgan fingerprint density at radius 2 is 2.22 bits per heavy atom. The summed E-state index contributed by atoms with van der Waals surface area (Å²) >= 11 is 5.15. The van der Waals surface area contributed by atoms with Crippen LogP contribution in [0.5, 0.6) is 0 Å². The Morgan fingerprint density at radius 1 is 1.56 bits per heavy atom. The Morgan fingerprint density at radius 3 is 2.44 bits per heavy atom. The third-order valence-corrected chi connectivity index (χ3v) is 1.87. The quantitative estimate of drug-likeness (QED) is 0.571. The number of nitrogens with one attached hydrogen (secondary N) is 1. The molecule has 1 nitrogen and oxygen atoms in total. The van der Waals surface area contributed by atoms with E-state index in [1.54, 1.807) is 0 Å². The number of halogens is 3. The van der Waals surface area contributed by atoms with Gasteiger partial charge in [-0.2, -0.15) is 0 Å². The van der Waals surface area contributed by atoms with Gasteiger partial charge in [-0.1, -0.05) is 0 Å². The van der Waals surface area contributed by atoms with Crippen molar-refractivity contribution in [2.75, 3.05) is 0 Å². The van der Waals surface area contributed by atoms with E-state index in [0.29, 0.717) is 6.42 Å². The van der Waals surface area contributed by atoms with Gasteiger partial charge in [0.1, 0.15) is 0 Å². The van der Waals surface area contributed by atoms with Crippen LogP contribution in [0.15, 0.2) is 0 Å². The minimum absolute atomic E-state index is 0.0304. The SMILES string of the molecule is FC1(F)CCC(NCl)C1. The Hall–Kier alpha value is 0.110. The zero-order valence-electron chi connectivity index (χ0n) is 4.83. The van der Waals surface area contributed by atoms with Crippen molar-refractivity contribution in [3.05, 3.63) is 0 Å². The van der Waals surface area contributed by atoms with E-state index in [1.807, 2.05) is 0 Å². The summed E-state index contributed by atoms with van der Waals surface area (Å²) in [5.74, 6) is -2.48. The highest BCUT2D eigenvalue weighted by Crippen LogP contribution is 2.34. The van der Waals surface area contributed by atoms with E-state index in [-0.39, 0.29) is 18.9 Å². The number of hydrogen-bond acceptors (Lipinski definition) is 1. The highest BCUT2D eigenvalue weighted by Gasteiger charge is 2.38. The molecular weight excluding hydrogens is 148 g/mol. The molecule has 1 rings (SSSR count). The maximum atomic E-state index is 12.3. The summed E-state index contributed by atoms with van der Waals surface area (Å²) in [7, 11) is 0. The molecule has 1 fully saturated rings. The van der Waals surface area contributed by atoms with Crippen LogP contribution in [0.3, 0.4) is 0 Å². The van der Waals surface area contributed by atoms with Crippen molar-refractivity contribution < 1.29 is 8.78 Å². The first-order valence-electron chi connectivity index (χ1n) is 2.88. The first kappa shape index (κ1) is 7.22. The third kappa shape index (κ3) is 1.76. The molecule has 0 radical (unpaired) electrons. The van der Waals surface area contributed by atoms with Gasteiger partial charge < -0.3 is 0 Å². The lowest BCUT2D eigenvalue weighted by molar-refractivity contribution is 0.00760. The van der Waals surface area contributed by atoms with E-state index in [9.17, 15) is 8.78 Å². The summed E-state index contributed by atoms with van der Waals surface area (Å²) in [6.07, 6.45) is 0.338. The van der Waals surface area contributed by atoms with Crippen molar-refractivity contribution in [1.82, 2.24) is 4.84 Å². The molecule has 1 unspecified atom stereocenters. The summed E-state index contributed by atoms with van der Waals surface area (Å²) in [6, 6.07) is -0.193. The molecule has 0 heterocycles. The van der Waals surface area contributed by atoms with E-state index >= 15 is 0 Å². The van der Waals surface area contributed by atoms with E-state index in [1.165, 1.54) is 0 Å². The largest absolute Gasteiger partial charge is 0.249 e. The molecule has 0 aromatic carbocycles. The monoisotopic (exact) mass is 155 g/mol. The zero-order valence-corrected chi connectivity index (χ0v) is 5.59. The predicted octanol–water partition coefficient (Wildman–Crippen LogP) is 1.92. The average Bonchev–Trinajstić information content (AvgIpc) is 2.10. The Kier molecular flexibility index (Phi) is 1.91. The fourth-order valence-electron chi connectivity index (χ4n) is 1.04. The molecule has 1 aliphatic rings. The molecule has 4 heteroatoms. The van der Waals surface area contributed by atoms with Gasteiger partial charge in [0.2, 0.25) is 5.92 Å². The molecule has 9 heavy (non-hydrogen) atoms. The number of alkyl halides is 2. The van der Waals surface area contributed by atoms with E-state index < -0.39 is 5.92 Å². The summed E-state index contributed by atoms with van der Waals surface area (Å²) in [5, 5.41) is 0. The smallest absolute Gasteiger partial charge is 0.230 e. The molecule has 1 N–H and O–H groups in total. The highest BCUT2D eigenvalue weighted by molar-refractivity contribution is 6.13. The van der Waals surface area contributed by atoms with E-state index in [4.69, 9.17) is 11.8 Å². The molecular formula is C5H8ClF2N. The van der Waals surface area contributed by atoms with Crippen LogP contribution in [0, 0.1) is 0 Å². The van der Waals surface area contributed by atoms with Gasteiger partial charge in [0.15, 0.2) is 0 Å². The van der Waals surface area contributed by atoms with Crippen LogP contribution < -0.4 is 4.84 Å². The first-order valence-corrected chi connectivity index (χ1v) is 3.26. The van der Waals surface area contributed by atoms with Crippen molar-refractivity contribution in [2.45, 2.75) is 31.2 Å². The lowest BCUT2D eigenvalue weighted by atomic mass is 10.3. The Labute approximate surface area is 57.5 Å². The molecule has 0 saturated heterocycles. The molecule has 0 aromatic heterocycles. The molecule has 54 valence electrons. The first-order chi connectivity index (χ1) is 4.14. The maximum Gasteiger partial charge on any atom is 0.249 e. The summed E-state index contributed by atoms with van der Waals surface area (Å²) in [6.45, 7) is 0. The maximum absolute atomic E-state index is 12.3. The fraction of sp³-hybridized carbons (Fsp3) is 1.00. The molecule has 0 aromatic rings. The minimum Gasteiger partial charge on any atom is -0.230 e. The second-order valence-electron chi connectivity index (χ2n) is 2.40. The van der Waals surface area contributed by atoms with Gasteiger partial charge in [-0.15, -0.1) is 0 Å². The van der Waals surface area contributed by atoms with Gasteiger partial charge in [0, 0.05) is 18.9 Å². The predicted molar refractivity (Wildman–Crippen MR) is 31.6 cm³/mol. The van der Waals surface area contributed by atoms with Crippen molar-refractivity contribution >= 4 is 11.8 Å². The molecule has 1 saturated carbocycles. The second kappa shape index (κ2) is 2.39. The average molecular weight is 156 g/mol. The van der Waals surface area contributed by atoms with Gasteiger partial charge in [-0.3, -0.25) is 0 Å². The lowest BCUT2D eigenvalue weighted by Gasteiger charge is -2.06. The lowest BCUT2D eigenvalue weighted by Crippen LogP contribution is -2.19. The Bertz CT molecular complexity index is 107. The van der Waals surface area contributed by atoms with Gasteiger partial charge in [0.05, 0.1) is 0 Å². The second-order valence-corrected chi connectivity index (χ2v) is 2.62. The van der Waals surface area contributed by atoms with Gasteiger partial charge in [-0.05, 0) is 18.2 Å². The van der Waals surface area contributed by atoms with Gasteiger partial charge in [0.25, 0.3) is 0 Å². The van der Waals surface area contributed by atoms with Crippen molar-refractivity contribution in [2.24, 2.45) is 0 Å². The Balaban J connectivity index is 2.38. The van der Waals surface area contributed by atoms with Crippen LogP contribution in [0.25, 0.3) is 0 Å². The number of hydrogen-bond donors (Lipinski definition) is 1. The summed E-state index contributed by atoms with van der Waals surface area (Å²) in [4.78, 5) is 2.31. The van der Waals surface area contributed by atoms with Gasteiger partial charge in [-0.25, -0.2) is 13.6 Å². The van der Waals surface area contributed by atoms with E-state index in [2.05, 4.69) is 4.84 Å². The summed E-state index contributed by atoms with van der Waals surface area (Å²) < 4.78 is 24.6. The number of rotatable bonds is 1. The standard InChI is InChI=1S/C5H8ClF2N/c6-9-4-1-2-5(7,8)3-4/h4,9H,1-3H2. The highest BCUT2D eigenvalue weighted by atomic mass is 35.5. The molecule has 0 amide bonds. The molecule has 0 aliphatic heterocycles. The molecule has 1 aliphatic carbocycles. The van der Waals surface area contributed by atoms with Gasteiger partial charge >= 0.3 is 0 Å². The van der Waals surface area contributed by atoms with Crippen LogP contribution in [0.4, 0.5) is 8.78 Å². The topological polar surface area (TPSA) is 12.0 Å². The summed E-state index contributed by atoms with van der Waals surface area (Å²) in [5.41, 5.74) is 0. The van der Waals surface area contributed by atoms with Crippen molar-refractivity contribution in [3.63, 3.8) is 0 Å². The van der Waals surface area contributed by atoms with Crippen molar-refractivity contribution in [1.29, 1.82) is 0 Å². The van der Waals surface area contributed by atoms with Crippen molar-refractivity contribution in [3.8, 4) is 0 Å². The van der Waals surface area contributed by atoms with Crippen LogP contribution in [-0.4, -0.2) is 12.0 Å². The zero-order chi connectivity index (χ0) is 6.91. The van der Waals surface area contributed by atoms with Crippen LogP contribution >= 0.6 is 11.8 Å². The molecule has 1 atom stereocenters. The third-order valence-electron chi connectivity index (χ3n) is 1.56. The fourth-order valence-corrected chi connectivity index (χ4v) is 1.23. The van der Waals surface area contributed by atoms with E-state index in [0.717, 1.165) is 0 Å². The molecule has 0 spiro atoms. The van der Waals surface area contributed by atoms with Crippen LogP contribution in [0.2, 0.25) is 0 Å².